The topological polar surface area (TPSA) is 79.2 Å². The molecule has 3 rings (SSSR count). The minimum absolute atomic E-state index is 0.361. The van der Waals surface area contributed by atoms with Gasteiger partial charge in [-0.1, -0.05) is 20.8 Å². The van der Waals surface area contributed by atoms with Crippen molar-refractivity contribution in [2.24, 2.45) is 13.0 Å². The van der Waals surface area contributed by atoms with E-state index < -0.39 is 5.69 Å². The molecule has 0 unspecified atom stereocenters. The van der Waals surface area contributed by atoms with Gasteiger partial charge in [0.1, 0.15) is 0 Å². The molecule has 2 aromatic heterocycles. The standard InChI is InChI=1S/C16H26N6O2/c1-5-20-6-8-21(9-7-20)15-17-13-12(22(15)10-11(2)3)14(23)18-16(24)19(13)4/h11H,5-10H2,1-4H3,(H,18,23,24). The third kappa shape index (κ3) is 2.86. The largest absolute Gasteiger partial charge is 0.340 e. The Morgan fingerprint density at radius 2 is 1.83 bits per heavy atom. The zero-order valence-electron chi connectivity index (χ0n) is 14.9. The van der Waals surface area contributed by atoms with Crippen LogP contribution in [0.3, 0.4) is 0 Å². The maximum Gasteiger partial charge on any atom is 0.329 e. The molecular weight excluding hydrogens is 308 g/mol. The van der Waals surface area contributed by atoms with Gasteiger partial charge in [-0.05, 0) is 12.5 Å². The van der Waals surface area contributed by atoms with E-state index in [1.165, 1.54) is 4.57 Å². The van der Waals surface area contributed by atoms with Gasteiger partial charge in [-0.15, -0.1) is 0 Å². The third-order valence-corrected chi connectivity index (χ3v) is 4.64. The van der Waals surface area contributed by atoms with Crippen LogP contribution in [0.1, 0.15) is 20.8 Å². The number of fused-ring (bicyclic) bond motifs is 1. The summed E-state index contributed by atoms with van der Waals surface area (Å²) in [6, 6.07) is 0. The molecular formula is C16H26N6O2. The second-order valence-corrected chi connectivity index (χ2v) is 6.83. The number of piperazine rings is 1. The summed E-state index contributed by atoms with van der Waals surface area (Å²) in [5.74, 6) is 1.16. The molecule has 8 nitrogen and oxygen atoms in total. The smallest absolute Gasteiger partial charge is 0.329 e. The van der Waals surface area contributed by atoms with Crippen LogP contribution in [0.15, 0.2) is 9.59 Å². The molecule has 0 atom stereocenters. The van der Waals surface area contributed by atoms with Gasteiger partial charge in [0.25, 0.3) is 5.56 Å². The first-order valence-corrected chi connectivity index (χ1v) is 8.59. The molecule has 0 aliphatic carbocycles. The highest BCUT2D eigenvalue weighted by atomic mass is 16.2. The van der Waals surface area contributed by atoms with E-state index in [9.17, 15) is 9.59 Å². The van der Waals surface area contributed by atoms with E-state index >= 15 is 0 Å². The van der Waals surface area contributed by atoms with Crippen molar-refractivity contribution < 1.29 is 0 Å². The Labute approximate surface area is 140 Å². The fourth-order valence-corrected chi connectivity index (χ4v) is 3.27. The van der Waals surface area contributed by atoms with Gasteiger partial charge in [0.2, 0.25) is 5.95 Å². The molecule has 2 aromatic rings. The average Bonchev–Trinajstić information content (AvgIpc) is 2.92. The van der Waals surface area contributed by atoms with Crippen molar-refractivity contribution in [2.75, 3.05) is 37.6 Å². The van der Waals surface area contributed by atoms with Gasteiger partial charge in [0.15, 0.2) is 11.2 Å². The van der Waals surface area contributed by atoms with Crippen LogP contribution >= 0.6 is 0 Å². The van der Waals surface area contributed by atoms with Crippen LogP contribution < -0.4 is 16.1 Å². The van der Waals surface area contributed by atoms with Gasteiger partial charge < -0.3 is 14.4 Å². The molecule has 1 aliphatic heterocycles. The van der Waals surface area contributed by atoms with Crippen molar-refractivity contribution >= 4 is 17.1 Å². The maximum absolute atomic E-state index is 12.4. The van der Waals surface area contributed by atoms with Crippen LogP contribution in [-0.2, 0) is 13.6 Å². The molecule has 0 bridgehead atoms. The minimum Gasteiger partial charge on any atom is -0.340 e. The van der Waals surface area contributed by atoms with Gasteiger partial charge in [0.05, 0.1) is 0 Å². The van der Waals surface area contributed by atoms with Crippen LogP contribution in [0.4, 0.5) is 5.95 Å². The first-order chi connectivity index (χ1) is 11.4. The lowest BCUT2D eigenvalue weighted by molar-refractivity contribution is 0.269. The number of H-pyrrole nitrogens is 1. The number of aromatic amines is 1. The Bertz CT molecular complexity index is 839. The van der Waals surface area contributed by atoms with Crippen LogP contribution in [0.5, 0.6) is 0 Å². The lowest BCUT2D eigenvalue weighted by Crippen LogP contribution is -2.47. The van der Waals surface area contributed by atoms with Crippen LogP contribution in [0.25, 0.3) is 11.2 Å². The highest BCUT2D eigenvalue weighted by Gasteiger charge is 2.24. The highest BCUT2D eigenvalue weighted by Crippen LogP contribution is 2.22. The van der Waals surface area contributed by atoms with Crippen molar-refractivity contribution in [3.63, 3.8) is 0 Å². The summed E-state index contributed by atoms with van der Waals surface area (Å²) in [7, 11) is 1.64. The molecule has 1 fully saturated rings. The summed E-state index contributed by atoms with van der Waals surface area (Å²) >= 11 is 0. The zero-order chi connectivity index (χ0) is 17.4. The van der Waals surface area contributed by atoms with E-state index in [-0.39, 0.29) is 5.56 Å². The van der Waals surface area contributed by atoms with Crippen molar-refractivity contribution in [3.05, 3.63) is 20.8 Å². The number of hydrogen-bond acceptors (Lipinski definition) is 5. The molecule has 1 aliphatic rings. The normalized spacial score (nSPS) is 16.5. The molecule has 132 valence electrons. The Hall–Kier alpha value is -2.09. The number of hydrogen-bond donors (Lipinski definition) is 1. The van der Waals surface area contributed by atoms with E-state index in [1.54, 1.807) is 7.05 Å². The van der Waals surface area contributed by atoms with Crippen molar-refractivity contribution in [1.29, 1.82) is 0 Å². The molecule has 0 spiro atoms. The van der Waals surface area contributed by atoms with Gasteiger partial charge in [-0.25, -0.2) is 4.79 Å². The Morgan fingerprint density at radius 1 is 1.17 bits per heavy atom. The molecule has 3 heterocycles. The number of likely N-dealkylation sites (N-methyl/N-ethyl adjacent to an activating group) is 1. The summed E-state index contributed by atoms with van der Waals surface area (Å²) in [6.07, 6.45) is 0. The molecule has 24 heavy (non-hydrogen) atoms. The SMILES string of the molecule is CCN1CCN(c2nc3c(c(=O)[nH]c(=O)n3C)n2CC(C)C)CC1. The molecule has 8 heteroatoms. The monoisotopic (exact) mass is 334 g/mol. The van der Waals surface area contributed by atoms with Gasteiger partial charge in [-0.3, -0.25) is 14.3 Å². The second kappa shape index (κ2) is 6.43. The Kier molecular flexibility index (Phi) is 4.49. The van der Waals surface area contributed by atoms with E-state index in [0.717, 1.165) is 38.7 Å². The molecule has 1 saturated heterocycles. The number of rotatable bonds is 4. The number of aryl methyl sites for hydroxylation is 1. The maximum atomic E-state index is 12.4. The number of imidazole rings is 1. The van der Waals surface area contributed by atoms with Gasteiger partial charge in [-0.2, -0.15) is 4.98 Å². The fourth-order valence-electron chi connectivity index (χ4n) is 3.27. The first-order valence-electron chi connectivity index (χ1n) is 8.59. The lowest BCUT2D eigenvalue weighted by Gasteiger charge is -2.35. The first kappa shape index (κ1) is 16.8. The number of aromatic nitrogens is 4. The quantitative estimate of drug-likeness (QED) is 0.865. The second-order valence-electron chi connectivity index (χ2n) is 6.83. The lowest BCUT2D eigenvalue weighted by atomic mass is 10.2. The third-order valence-electron chi connectivity index (χ3n) is 4.64. The number of nitrogens with zero attached hydrogens (tertiary/aromatic N) is 5. The molecule has 1 N–H and O–H groups in total. The molecule has 0 saturated carbocycles. The average molecular weight is 334 g/mol. The predicted molar refractivity (Wildman–Crippen MR) is 94.8 cm³/mol. The van der Waals surface area contributed by atoms with Crippen LogP contribution in [-0.4, -0.2) is 56.7 Å². The molecule has 0 aromatic carbocycles. The fraction of sp³-hybridized carbons (Fsp3) is 0.688. The highest BCUT2D eigenvalue weighted by molar-refractivity contribution is 5.74. The van der Waals surface area contributed by atoms with Crippen LogP contribution in [0.2, 0.25) is 0 Å². The van der Waals surface area contributed by atoms with E-state index in [4.69, 9.17) is 0 Å². The van der Waals surface area contributed by atoms with Crippen molar-refractivity contribution in [3.8, 4) is 0 Å². The minimum atomic E-state index is -0.427. The van der Waals surface area contributed by atoms with Crippen LogP contribution in [0, 0.1) is 5.92 Å². The molecule has 0 radical (unpaired) electrons. The summed E-state index contributed by atoms with van der Waals surface area (Å²) in [5, 5.41) is 0. The van der Waals surface area contributed by atoms with E-state index in [0.29, 0.717) is 23.6 Å². The summed E-state index contributed by atoms with van der Waals surface area (Å²) in [5.41, 5.74) is 0.153. The van der Waals surface area contributed by atoms with Gasteiger partial charge >= 0.3 is 5.69 Å². The predicted octanol–water partition coefficient (Wildman–Crippen LogP) is 0.221. The number of nitrogens with one attached hydrogen (secondary N) is 1. The van der Waals surface area contributed by atoms with E-state index in [1.807, 2.05) is 4.57 Å². The summed E-state index contributed by atoms with van der Waals surface area (Å²) in [6.45, 7) is 11.8. The zero-order valence-corrected chi connectivity index (χ0v) is 14.9. The van der Waals surface area contributed by atoms with Gasteiger partial charge in [0, 0.05) is 39.8 Å². The van der Waals surface area contributed by atoms with Crippen molar-refractivity contribution in [1.82, 2.24) is 24.0 Å². The van der Waals surface area contributed by atoms with E-state index in [2.05, 4.69) is 40.5 Å². The Balaban J connectivity index is 2.13. The summed E-state index contributed by atoms with van der Waals surface area (Å²) in [4.78, 5) is 36.0. The number of anilines is 1. The summed E-state index contributed by atoms with van der Waals surface area (Å²) < 4.78 is 3.39. The Morgan fingerprint density at radius 3 is 2.42 bits per heavy atom. The van der Waals surface area contributed by atoms with Crippen molar-refractivity contribution in [2.45, 2.75) is 27.3 Å². The molecule has 0 amide bonds.